The van der Waals surface area contributed by atoms with Crippen LogP contribution in [0.3, 0.4) is 0 Å². The number of carbonyl (C=O) groups is 1. The normalized spacial score (nSPS) is 21.8. The number of carbonyl (C=O) groups excluding carboxylic acids is 1. The molecule has 4 rings (SSSR count). The molecule has 0 radical (unpaired) electrons. The van der Waals surface area contributed by atoms with Crippen molar-refractivity contribution < 1.29 is 14.3 Å². The number of nitrogens with zero attached hydrogens (tertiary/aromatic N) is 4. The van der Waals surface area contributed by atoms with Crippen LogP contribution in [-0.2, 0) is 9.53 Å². The van der Waals surface area contributed by atoms with E-state index in [0.29, 0.717) is 19.0 Å². The van der Waals surface area contributed by atoms with Gasteiger partial charge < -0.3 is 19.3 Å². The maximum atomic E-state index is 13.2. The van der Waals surface area contributed by atoms with Crippen LogP contribution in [0.5, 0.6) is 5.75 Å². The highest BCUT2D eigenvalue weighted by molar-refractivity contribution is 5.83. The zero-order chi connectivity index (χ0) is 21.1. The highest BCUT2D eigenvalue weighted by Crippen LogP contribution is 2.27. The third kappa shape index (κ3) is 4.36. The first-order chi connectivity index (χ1) is 14.6. The third-order valence-electron chi connectivity index (χ3n) is 6.28. The second-order valence-electron chi connectivity index (χ2n) is 8.29. The molecular formula is C23H32N4O3. The monoisotopic (exact) mass is 412 g/mol. The maximum Gasteiger partial charge on any atom is 0.227 e. The van der Waals surface area contributed by atoms with E-state index in [9.17, 15) is 4.79 Å². The summed E-state index contributed by atoms with van der Waals surface area (Å²) in [6.45, 7) is 7.84. The summed E-state index contributed by atoms with van der Waals surface area (Å²) in [7, 11) is 1.66. The first-order valence-corrected chi connectivity index (χ1v) is 11.1. The van der Waals surface area contributed by atoms with Crippen molar-refractivity contribution in [3.8, 4) is 5.75 Å². The van der Waals surface area contributed by atoms with Gasteiger partial charge in [0.25, 0.3) is 0 Å². The van der Waals surface area contributed by atoms with Gasteiger partial charge in [-0.05, 0) is 51.7 Å². The number of ether oxygens (including phenoxy) is 2. The molecule has 1 aromatic carbocycles. The van der Waals surface area contributed by atoms with Gasteiger partial charge in [-0.1, -0.05) is 0 Å². The Balaban J connectivity index is 1.51. The van der Waals surface area contributed by atoms with E-state index in [-0.39, 0.29) is 17.9 Å². The molecular weight excluding hydrogens is 380 g/mol. The van der Waals surface area contributed by atoms with Crippen molar-refractivity contribution in [3.63, 3.8) is 0 Å². The fraction of sp³-hybridized carbons (Fsp3) is 0.609. The van der Waals surface area contributed by atoms with Gasteiger partial charge in [0, 0.05) is 44.2 Å². The van der Waals surface area contributed by atoms with E-state index in [0.717, 1.165) is 67.7 Å². The topological polar surface area (TPSA) is 67.8 Å². The fourth-order valence-electron chi connectivity index (χ4n) is 4.55. The molecule has 162 valence electrons. The molecule has 7 heteroatoms. The molecule has 30 heavy (non-hydrogen) atoms. The number of hydrogen-bond donors (Lipinski definition) is 0. The number of amides is 1. The summed E-state index contributed by atoms with van der Waals surface area (Å²) >= 11 is 0. The van der Waals surface area contributed by atoms with E-state index in [1.54, 1.807) is 7.11 Å². The van der Waals surface area contributed by atoms with E-state index in [1.807, 2.05) is 30.0 Å². The van der Waals surface area contributed by atoms with Crippen molar-refractivity contribution in [1.29, 1.82) is 0 Å². The number of likely N-dealkylation sites (N-methyl/N-ethyl adjacent to an activating group) is 1. The molecule has 2 fully saturated rings. The third-order valence-corrected chi connectivity index (χ3v) is 6.28. The lowest BCUT2D eigenvalue weighted by Crippen LogP contribution is -2.47. The Morgan fingerprint density at radius 3 is 2.90 bits per heavy atom. The summed E-state index contributed by atoms with van der Waals surface area (Å²) in [5.41, 5.74) is 1.82. The first kappa shape index (κ1) is 20.8. The van der Waals surface area contributed by atoms with Crippen molar-refractivity contribution in [3.05, 3.63) is 23.9 Å². The van der Waals surface area contributed by atoms with Crippen LogP contribution in [0.1, 0.15) is 38.3 Å². The number of aromatic nitrogens is 2. The maximum absolute atomic E-state index is 13.2. The molecule has 0 saturated carbocycles. The van der Waals surface area contributed by atoms with Crippen molar-refractivity contribution in [1.82, 2.24) is 14.9 Å². The van der Waals surface area contributed by atoms with Crippen LogP contribution < -0.4 is 9.64 Å². The van der Waals surface area contributed by atoms with Gasteiger partial charge in [0.1, 0.15) is 5.75 Å². The highest BCUT2D eigenvalue weighted by Gasteiger charge is 2.31. The number of fused-ring (bicyclic) bond motifs is 1. The molecule has 1 amide bonds. The predicted molar refractivity (Wildman–Crippen MR) is 117 cm³/mol. The van der Waals surface area contributed by atoms with Crippen molar-refractivity contribution in [2.75, 3.05) is 44.8 Å². The van der Waals surface area contributed by atoms with Crippen LogP contribution >= 0.6 is 0 Å². The van der Waals surface area contributed by atoms with E-state index < -0.39 is 0 Å². The predicted octanol–water partition coefficient (Wildman–Crippen LogP) is 3.19. The van der Waals surface area contributed by atoms with Gasteiger partial charge in [-0.3, -0.25) is 4.79 Å². The molecule has 0 spiro atoms. The van der Waals surface area contributed by atoms with Gasteiger partial charge in [-0.25, -0.2) is 9.97 Å². The summed E-state index contributed by atoms with van der Waals surface area (Å²) in [5.74, 6) is 1.70. The number of piperidine rings is 1. The molecule has 2 saturated heterocycles. The Labute approximate surface area is 178 Å². The number of methoxy groups -OCH3 is 1. The first-order valence-electron chi connectivity index (χ1n) is 11.1. The van der Waals surface area contributed by atoms with Crippen LogP contribution in [0.4, 0.5) is 5.95 Å². The second-order valence-corrected chi connectivity index (χ2v) is 8.29. The van der Waals surface area contributed by atoms with Crippen molar-refractivity contribution in [2.45, 2.75) is 45.6 Å². The van der Waals surface area contributed by atoms with Crippen LogP contribution in [0.15, 0.2) is 18.2 Å². The highest BCUT2D eigenvalue weighted by atomic mass is 16.5. The van der Waals surface area contributed by atoms with Gasteiger partial charge in [0.05, 0.1) is 30.3 Å². The summed E-state index contributed by atoms with van der Waals surface area (Å²) in [4.78, 5) is 26.9. The molecule has 2 unspecified atom stereocenters. The average Bonchev–Trinajstić information content (AvgIpc) is 3.30. The summed E-state index contributed by atoms with van der Waals surface area (Å²) < 4.78 is 11.1. The van der Waals surface area contributed by atoms with Crippen LogP contribution in [0.25, 0.3) is 10.9 Å². The van der Waals surface area contributed by atoms with Gasteiger partial charge >= 0.3 is 0 Å². The molecule has 2 aliphatic heterocycles. The molecule has 2 atom stereocenters. The van der Waals surface area contributed by atoms with Gasteiger partial charge in [0.2, 0.25) is 11.9 Å². The van der Waals surface area contributed by atoms with Crippen LogP contribution in [0, 0.1) is 12.8 Å². The van der Waals surface area contributed by atoms with E-state index in [4.69, 9.17) is 19.4 Å². The lowest BCUT2D eigenvalue weighted by atomic mass is 9.96. The smallest absolute Gasteiger partial charge is 0.227 e. The lowest BCUT2D eigenvalue weighted by molar-refractivity contribution is -0.137. The summed E-state index contributed by atoms with van der Waals surface area (Å²) in [5, 5.41) is 1.03. The average molecular weight is 413 g/mol. The molecule has 0 bridgehead atoms. The molecule has 3 heterocycles. The minimum atomic E-state index is -0.0231. The van der Waals surface area contributed by atoms with Crippen molar-refractivity contribution in [2.24, 2.45) is 5.92 Å². The quantitative estimate of drug-likeness (QED) is 0.726. The number of anilines is 1. The Morgan fingerprint density at radius 2 is 2.17 bits per heavy atom. The number of benzene rings is 1. The van der Waals surface area contributed by atoms with Gasteiger partial charge in [0.15, 0.2) is 0 Å². The summed E-state index contributed by atoms with van der Waals surface area (Å²) in [6, 6.07) is 5.88. The van der Waals surface area contributed by atoms with Crippen LogP contribution in [0.2, 0.25) is 0 Å². The zero-order valence-electron chi connectivity index (χ0n) is 18.3. The van der Waals surface area contributed by atoms with Gasteiger partial charge in [-0.2, -0.15) is 0 Å². The number of hydrogen-bond acceptors (Lipinski definition) is 6. The SMILES string of the molecule is CCN(CC1CCCO1)C(=O)C1CCCN(c2nc(C)c3ccc(OC)cc3n2)C1. The fourth-order valence-corrected chi connectivity index (χ4v) is 4.55. The lowest BCUT2D eigenvalue weighted by Gasteiger charge is -2.35. The minimum absolute atomic E-state index is 0.0231. The summed E-state index contributed by atoms with van der Waals surface area (Å²) in [6.07, 6.45) is 4.21. The minimum Gasteiger partial charge on any atom is -0.497 e. The Morgan fingerprint density at radius 1 is 1.30 bits per heavy atom. The number of rotatable bonds is 6. The molecule has 2 aliphatic rings. The second kappa shape index (κ2) is 9.16. The zero-order valence-corrected chi connectivity index (χ0v) is 18.3. The van der Waals surface area contributed by atoms with Gasteiger partial charge in [-0.15, -0.1) is 0 Å². The Hall–Kier alpha value is -2.41. The standard InChI is InChI=1S/C23H32N4O3/c1-4-26(15-19-8-6-12-30-19)22(28)17-7-5-11-27(14-17)23-24-16(2)20-10-9-18(29-3)13-21(20)25-23/h9-10,13,17,19H,4-8,11-12,14-15H2,1-3H3. The van der Waals surface area contributed by atoms with E-state index in [2.05, 4.69) is 11.8 Å². The molecule has 7 nitrogen and oxygen atoms in total. The largest absolute Gasteiger partial charge is 0.497 e. The van der Waals surface area contributed by atoms with Crippen LogP contribution in [-0.4, -0.2) is 66.8 Å². The van der Waals surface area contributed by atoms with Crippen molar-refractivity contribution >= 4 is 22.8 Å². The molecule has 0 N–H and O–H groups in total. The van der Waals surface area contributed by atoms with E-state index >= 15 is 0 Å². The Kier molecular flexibility index (Phi) is 6.37. The Bertz CT molecular complexity index is 897. The molecule has 1 aromatic heterocycles. The molecule has 0 aliphatic carbocycles. The van der Waals surface area contributed by atoms with E-state index in [1.165, 1.54) is 0 Å². The molecule has 2 aromatic rings. The number of aryl methyl sites for hydroxylation is 1.